The highest BCUT2D eigenvalue weighted by atomic mass is 32.1. The quantitative estimate of drug-likeness (QED) is 0.419. The van der Waals surface area contributed by atoms with Crippen LogP contribution in [0, 0.1) is 0 Å². The van der Waals surface area contributed by atoms with E-state index in [1.807, 2.05) is 5.51 Å². The maximum Gasteiger partial charge on any atom is 0.106 e. The Kier molecular flexibility index (Phi) is 1.86. The van der Waals surface area contributed by atoms with Crippen LogP contribution in [0.1, 0.15) is 0 Å². The van der Waals surface area contributed by atoms with Gasteiger partial charge < -0.3 is 4.98 Å². The molecule has 0 radical (unpaired) electrons. The Morgan fingerprint density at radius 3 is 2.50 bits per heavy atom. The molecular formula is C17H10N2S. The Labute approximate surface area is 118 Å². The number of benzene rings is 3. The van der Waals surface area contributed by atoms with Gasteiger partial charge in [-0.2, -0.15) is 0 Å². The van der Waals surface area contributed by atoms with Gasteiger partial charge in [-0.05, 0) is 11.5 Å². The lowest BCUT2D eigenvalue weighted by Gasteiger charge is -2.02. The molecule has 0 saturated heterocycles. The molecule has 94 valence electrons. The normalized spacial score (nSPS) is 12.0. The number of para-hydroxylation sites is 1. The van der Waals surface area contributed by atoms with Crippen LogP contribution in [-0.4, -0.2) is 9.97 Å². The summed E-state index contributed by atoms with van der Waals surface area (Å²) in [5.74, 6) is 0. The highest BCUT2D eigenvalue weighted by Gasteiger charge is 2.14. The van der Waals surface area contributed by atoms with E-state index in [-0.39, 0.29) is 0 Å². The van der Waals surface area contributed by atoms with Crippen molar-refractivity contribution in [3.8, 4) is 0 Å². The third kappa shape index (κ3) is 1.16. The molecule has 0 unspecified atom stereocenters. The van der Waals surface area contributed by atoms with Gasteiger partial charge in [0.1, 0.15) is 5.52 Å². The zero-order chi connectivity index (χ0) is 13.1. The molecule has 0 atom stereocenters. The Bertz CT molecular complexity index is 1100. The summed E-state index contributed by atoms with van der Waals surface area (Å²) in [7, 11) is 0. The highest BCUT2D eigenvalue weighted by molar-refractivity contribution is 7.18. The van der Waals surface area contributed by atoms with Crippen LogP contribution in [0.2, 0.25) is 0 Å². The standard InChI is InChI=1S/C17H10N2S/c1-2-6-11-10(5-1)14-12-7-3-4-8-13(12)19-15(14)16-17(11)20-9-18-16/h1-9,19H. The van der Waals surface area contributed by atoms with E-state index in [9.17, 15) is 0 Å². The van der Waals surface area contributed by atoms with Crippen LogP contribution < -0.4 is 0 Å². The smallest absolute Gasteiger partial charge is 0.106 e. The molecule has 0 bridgehead atoms. The molecule has 0 aliphatic carbocycles. The monoisotopic (exact) mass is 274 g/mol. The summed E-state index contributed by atoms with van der Waals surface area (Å²) in [6.45, 7) is 0. The minimum atomic E-state index is 1.08. The molecule has 5 aromatic rings. The summed E-state index contributed by atoms with van der Waals surface area (Å²) >= 11 is 1.71. The molecule has 0 amide bonds. The molecule has 0 spiro atoms. The summed E-state index contributed by atoms with van der Waals surface area (Å²) in [6.07, 6.45) is 0. The van der Waals surface area contributed by atoms with Crippen LogP contribution >= 0.6 is 11.3 Å². The zero-order valence-electron chi connectivity index (χ0n) is 10.6. The van der Waals surface area contributed by atoms with Crippen molar-refractivity contribution in [3.05, 3.63) is 54.0 Å². The maximum atomic E-state index is 4.58. The van der Waals surface area contributed by atoms with Gasteiger partial charge in [-0.25, -0.2) is 4.98 Å². The first-order valence-electron chi connectivity index (χ1n) is 6.58. The molecule has 3 heteroatoms. The van der Waals surface area contributed by atoms with Crippen LogP contribution in [0.4, 0.5) is 0 Å². The maximum absolute atomic E-state index is 4.58. The van der Waals surface area contributed by atoms with E-state index < -0.39 is 0 Å². The number of nitrogens with zero attached hydrogens (tertiary/aromatic N) is 1. The molecule has 2 aromatic heterocycles. The highest BCUT2D eigenvalue weighted by Crippen LogP contribution is 2.39. The first-order valence-corrected chi connectivity index (χ1v) is 7.46. The number of aromatic amines is 1. The minimum Gasteiger partial charge on any atom is -0.353 e. The second-order valence-electron chi connectivity index (χ2n) is 5.00. The first kappa shape index (κ1) is 10.4. The molecule has 1 N–H and O–H groups in total. The van der Waals surface area contributed by atoms with Crippen LogP contribution in [0.15, 0.2) is 54.0 Å². The summed E-state index contributed by atoms with van der Waals surface area (Å²) in [6, 6.07) is 17.1. The summed E-state index contributed by atoms with van der Waals surface area (Å²) in [5.41, 5.74) is 5.34. The average molecular weight is 274 g/mol. The Balaban J connectivity index is 2.27. The van der Waals surface area contributed by atoms with E-state index in [1.54, 1.807) is 11.3 Å². The first-order chi connectivity index (χ1) is 9.93. The number of rotatable bonds is 0. The lowest BCUT2D eigenvalue weighted by Crippen LogP contribution is -1.78. The van der Waals surface area contributed by atoms with Crippen molar-refractivity contribution in [1.82, 2.24) is 9.97 Å². The number of thiazole rings is 1. The lowest BCUT2D eigenvalue weighted by atomic mass is 10.0. The second-order valence-corrected chi connectivity index (χ2v) is 5.85. The Hall–Kier alpha value is -2.39. The predicted octanol–water partition coefficient (Wildman–Crippen LogP) is 5.08. The molecule has 2 heterocycles. The topological polar surface area (TPSA) is 28.7 Å². The molecule has 0 aliphatic heterocycles. The van der Waals surface area contributed by atoms with E-state index >= 15 is 0 Å². The van der Waals surface area contributed by atoms with E-state index in [2.05, 4.69) is 58.5 Å². The van der Waals surface area contributed by atoms with Gasteiger partial charge in [0.15, 0.2) is 0 Å². The van der Waals surface area contributed by atoms with Crippen LogP contribution in [0.3, 0.4) is 0 Å². The van der Waals surface area contributed by atoms with E-state index in [0.29, 0.717) is 0 Å². The minimum absolute atomic E-state index is 1.08. The van der Waals surface area contributed by atoms with Crippen molar-refractivity contribution in [3.63, 3.8) is 0 Å². The number of hydrogen-bond donors (Lipinski definition) is 1. The van der Waals surface area contributed by atoms with Gasteiger partial charge in [0.05, 0.1) is 15.7 Å². The van der Waals surface area contributed by atoms with E-state index in [4.69, 9.17) is 0 Å². The second kappa shape index (κ2) is 3.58. The lowest BCUT2D eigenvalue weighted by molar-refractivity contribution is 1.49. The number of nitrogens with one attached hydrogen (secondary N) is 1. The molecule has 3 aromatic carbocycles. The molecule has 0 fully saturated rings. The van der Waals surface area contributed by atoms with Crippen molar-refractivity contribution >= 4 is 54.1 Å². The largest absolute Gasteiger partial charge is 0.353 e. The van der Waals surface area contributed by atoms with Gasteiger partial charge in [0, 0.05) is 21.7 Å². The average Bonchev–Trinajstić information content (AvgIpc) is 3.12. The summed E-state index contributed by atoms with van der Waals surface area (Å²) in [4.78, 5) is 8.12. The van der Waals surface area contributed by atoms with Gasteiger partial charge in [-0.15, -0.1) is 11.3 Å². The fraction of sp³-hybridized carbons (Fsp3) is 0. The molecule has 2 nitrogen and oxygen atoms in total. The van der Waals surface area contributed by atoms with E-state index in [0.717, 1.165) is 11.0 Å². The molecule has 0 aliphatic rings. The molecule has 20 heavy (non-hydrogen) atoms. The number of H-pyrrole nitrogens is 1. The number of aromatic nitrogens is 2. The Morgan fingerprint density at radius 2 is 1.60 bits per heavy atom. The third-order valence-corrected chi connectivity index (χ3v) is 4.81. The van der Waals surface area contributed by atoms with Crippen molar-refractivity contribution in [2.24, 2.45) is 0 Å². The van der Waals surface area contributed by atoms with Crippen molar-refractivity contribution in [2.45, 2.75) is 0 Å². The summed E-state index contributed by atoms with van der Waals surface area (Å²) in [5, 5.41) is 5.15. The molecular weight excluding hydrogens is 264 g/mol. The predicted molar refractivity (Wildman–Crippen MR) is 86.5 cm³/mol. The summed E-state index contributed by atoms with van der Waals surface area (Å²) < 4.78 is 1.26. The fourth-order valence-electron chi connectivity index (χ4n) is 3.11. The Morgan fingerprint density at radius 1 is 0.850 bits per heavy atom. The fourth-order valence-corrected chi connectivity index (χ4v) is 3.95. The van der Waals surface area contributed by atoms with Gasteiger partial charge in [-0.1, -0.05) is 42.5 Å². The van der Waals surface area contributed by atoms with Crippen LogP contribution in [-0.2, 0) is 0 Å². The molecule has 5 rings (SSSR count). The van der Waals surface area contributed by atoms with Gasteiger partial charge in [0.25, 0.3) is 0 Å². The zero-order valence-corrected chi connectivity index (χ0v) is 11.4. The van der Waals surface area contributed by atoms with E-state index in [1.165, 1.54) is 31.8 Å². The van der Waals surface area contributed by atoms with Gasteiger partial charge in [0.2, 0.25) is 0 Å². The van der Waals surface area contributed by atoms with Crippen LogP contribution in [0.5, 0.6) is 0 Å². The van der Waals surface area contributed by atoms with Crippen molar-refractivity contribution in [1.29, 1.82) is 0 Å². The number of hydrogen-bond acceptors (Lipinski definition) is 2. The third-order valence-electron chi connectivity index (χ3n) is 3.95. The van der Waals surface area contributed by atoms with Crippen LogP contribution in [0.25, 0.3) is 42.8 Å². The van der Waals surface area contributed by atoms with Crippen molar-refractivity contribution in [2.75, 3.05) is 0 Å². The van der Waals surface area contributed by atoms with Gasteiger partial charge in [-0.3, -0.25) is 0 Å². The van der Waals surface area contributed by atoms with Crippen molar-refractivity contribution < 1.29 is 0 Å². The SMILES string of the molecule is c1ccc2c(c1)[nH]c1c3ncsc3c3ccccc3c21. The van der Waals surface area contributed by atoms with Gasteiger partial charge >= 0.3 is 0 Å². The molecule has 0 saturated carbocycles. The number of fused-ring (bicyclic) bond motifs is 8.